The molecule has 0 aliphatic carbocycles. The summed E-state index contributed by atoms with van der Waals surface area (Å²) in [4.78, 5) is 4.28. The Morgan fingerprint density at radius 1 is 1.29 bits per heavy atom. The van der Waals surface area contributed by atoms with Crippen LogP contribution in [0.4, 0.5) is 5.69 Å². The second-order valence-electron chi connectivity index (χ2n) is 2.89. The number of allylic oxidation sites excluding steroid dienone is 1. The van der Waals surface area contributed by atoms with Gasteiger partial charge in [0.2, 0.25) is 0 Å². The molecule has 1 nitrogen and oxygen atoms in total. The highest BCUT2D eigenvalue weighted by Crippen LogP contribution is 2.16. The highest BCUT2D eigenvalue weighted by atomic mass is 14.7. The summed E-state index contributed by atoms with van der Waals surface area (Å²) in [7, 11) is 0. The smallest absolute Gasteiger partial charge is 0.0658 e. The second kappa shape index (κ2) is 7.07. The van der Waals surface area contributed by atoms with Crippen LogP contribution in [0.5, 0.6) is 0 Å². The molecule has 76 valence electrons. The van der Waals surface area contributed by atoms with Gasteiger partial charge in [0.05, 0.1) is 5.69 Å². The minimum atomic E-state index is 0.971. The Bertz CT molecular complexity index is 311. The lowest BCUT2D eigenvalue weighted by Gasteiger charge is -1.96. The van der Waals surface area contributed by atoms with E-state index >= 15 is 0 Å². The molecule has 1 aromatic rings. The highest BCUT2D eigenvalue weighted by molar-refractivity contribution is 5.79. The van der Waals surface area contributed by atoms with Gasteiger partial charge in [-0.2, -0.15) is 0 Å². The van der Waals surface area contributed by atoms with Crippen LogP contribution >= 0.6 is 0 Å². The van der Waals surface area contributed by atoms with Crippen LogP contribution in [0.1, 0.15) is 26.3 Å². The van der Waals surface area contributed by atoms with Crippen LogP contribution in [0.25, 0.3) is 0 Å². The van der Waals surface area contributed by atoms with Gasteiger partial charge in [-0.1, -0.05) is 38.6 Å². The Balaban J connectivity index is 0.000000791. The predicted octanol–water partition coefficient (Wildman–Crippen LogP) is 4.30. The Morgan fingerprint density at radius 2 is 1.86 bits per heavy atom. The van der Waals surface area contributed by atoms with Gasteiger partial charge in [0, 0.05) is 6.21 Å². The zero-order valence-corrected chi connectivity index (χ0v) is 9.54. The number of rotatable bonds is 2. The molecule has 0 bridgehead atoms. The van der Waals surface area contributed by atoms with Crippen LogP contribution in [0, 0.1) is 6.92 Å². The Kier molecular flexibility index (Phi) is 6.38. The van der Waals surface area contributed by atoms with Gasteiger partial charge < -0.3 is 0 Å². The molecule has 1 aromatic carbocycles. The molecular weight excluding hydrogens is 170 g/mol. The van der Waals surface area contributed by atoms with Crippen molar-refractivity contribution in [3.8, 4) is 0 Å². The molecule has 0 aliphatic rings. The van der Waals surface area contributed by atoms with E-state index in [1.54, 1.807) is 6.21 Å². The number of benzene rings is 1. The van der Waals surface area contributed by atoms with Gasteiger partial charge in [0.1, 0.15) is 0 Å². The summed E-state index contributed by atoms with van der Waals surface area (Å²) < 4.78 is 0. The van der Waals surface area contributed by atoms with Crippen molar-refractivity contribution in [3.05, 3.63) is 42.0 Å². The van der Waals surface area contributed by atoms with Gasteiger partial charge in [-0.15, -0.1) is 0 Å². The van der Waals surface area contributed by atoms with E-state index in [4.69, 9.17) is 0 Å². The van der Waals surface area contributed by atoms with E-state index in [0.29, 0.717) is 0 Å². The maximum absolute atomic E-state index is 4.28. The summed E-state index contributed by atoms with van der Waals surface area (Å²) in [5, 5.41) is 0. The molecule has 0 saturated heterocycles. The van der Waals surface area contributed by atoms with Gasteiger partial charge in [0.15, 0.2) is 0 Å². The fourth-order valence-electron chi connectivity index (χ4n) is 0.888. The van der Waals surface area contributed by atoms with Crippen molar-refractivity contribution < 1.29 is 0 Å². The second-order valence-corrected chi connectivity index (χ2v) is 2.89. The Hall–Kier alpha value is -1.37. The zero-order chi connectivity index (χ0) is 11.0. The molecule has 0 radical (unpaired) electrons. The third-order valence-corrected chi connectivity index (χ3v) is 1.54. The summed E-state index contributed by atoms with van der Waals surface area (Å²) in [6, 6.07) is 8.03. The molecule has 0 aliphatic heterocycles. The fourth-order valence-corrected chi connectivity index (χ4v) is 0.888. The molecular formula is C13H19N. The molecule has 0 N–H and O–H groups in total. The average Bonchev–Trinajstić information content (AvgIpc) is 2.19. The molecule has 0 saturated carbocycles. The van der Waals surface area contributed by atoms with E-state index in [9.17, 15) is 0 Å². The van der Waals surface area contributed by atoms with Crippen molar-refractivity contribution in [2.45, 2.75) is 27.7 Å². The number of hydrogen-bond acceptors (Lipinski definition) is 1. The minimum absolute atomic E-state index is 0.971. The van der Waals surface area contributed by atoms with Crippen LogP contribution in [-0.2, 0) is 0 Å². The topological polar surface area (TPSA) is 12.4 Å². The van der Waals surface area contributed by atoms with Gasteiger partial charge in [-0.05, 0) is 31.1 Å². The fraction of sp³-hybridized carbons (Fsp3) is 0.308. The van der Waals surface area contributed by atoms with Crippen LogP contribution in [-0.4, -0.2) is 6.21 Å². The van der Waals surface area contributed by atoms with E-state index in [1.807, 2.05) is 52.0 Å². The van der Waals surface area contributed by atoms with Gasteiger partial charge in [-0.3, -0.25) is 4.99 Å². The molecule has 0 unspecified atom stereocenters. The first-order valence-corrected chi connectivity index (χ1v) is 4.95. The number of aryl methyl sites for hydroxylation is 1. The summed E-state index contributed by atoms with van der Waals surface area (Å²) in [5.74, 6) is 0. The quantitative estimate of drug-likeness (QED) is 0.615. The molecule has 1 heteroatoms. The van der Waals surface area contributed by atoms with Gasteiger partial charge in [0.25, 0.3) is 0 Å². The largest absolute Gasteiger partial charge is 0.256 e. The van der Waals surface area contributed by atoms with Gasteiger partial charge in [-0.25, -0.2) is 0 Å². The van der Waals surface area contributed by atoms with E-state index < -0.39 is 0 Å². The third kappa shape index (κ3) is 4.61. The normalized spacial score (nSPS) is 9.43. The van der Waals surface area contributed by atoms with E-state index in [-0.39, 0.29) is 0 Å². The lowest BCUT2D eigenvalue weighted by molar-refractivity contribution is 1.40. The molecule has 0 spiro atoms. The number of hydrogen-bond donors (Lipinski definition) is 0. The first kappa shape index (κ1) is 12.6. The molecule has 0 heterocycles. The maximum Gasteiger partial charge on any atom is 0.0658 e. The predicted molar refractivity (Wildman–Crippen MR) is 65.5 cm³/mol. The molecule has 0 aromatic heterocycles. The summed E-state index contributed by atoms with van der Waals surface area (Å²) >= 11 is 0. The molecule has 0 fully saturated rings. The Labute approximate surface area is 87.2 Å². The average molecular weight is 189 g/mol. The molecule has 0 amide bonds. The Morgan fingerprint density at radius 3 is 2.36 bits per heavy atom. The van der Waals surface area contributed by atoms with E-state index in [2.05, 4.69) is 11.6 Å². The van der Waals surface area contributed by atoms with Crippen LogP contribution in [0.2, 0.25) is 0 Å². The number of aliphatic imine (C=N–C) groups is 1. The molecule has 1 rings (SSSR count). The maximum atomic E-state index is 4.28. The minimum Gasteiger partial charge on any atom is -0.256 e. The van der Waals surface area contributed by atoms with Crippen LogP contribution in [0.15, 0.2) is 41.4 Å². The van der Waals surface area contributed by atoms with Crippen molar-refractivity contribution in [1.82, 2.24) is 0 Å². The van der Waals surface area contributed by atoms with Crippen LogP contribution < -0.4 is 0 Å². The summed E-state index contributed by atoms with van der Waals surface area (Å²) in [5.41, 5.74) is 3.17. The van der Waals surface area contributed by atoms with E-state index in [0.717, 1.165) is 11.3 Å². The lowest BCUT2D eigenvalue weighted by atomic mass is 10.2. The molecule has 0 atom stereocenters. The number of para-hydroxylation sites is 1. The first-order valence-electron chi connectivity index (χ1n) is 4.95. The summed E-state index contributed by atoms with van der Waals surface area (Å²) in [6.07, 6.45) is 1.78. The third-order valence-electron chi connectivity index (χ3n) is 1.54. The highest BCUT2D eigenvalue weighted by Gasteiger charge is 1.90. The lowest BCUT2D eigenvalue weighted by Crippen LogP contribution is -1.76. The van der Waals surface area contributed by atoms with E-state index in [1.165, 1.54) is 5.56 Å². The first-order chi connectivity index (χ1) is 6.70. The van der Waals surface area contributed by atoms with Crippen molar-refractivity contribution in [2.75, 3.05) is 0 Å². The number of nitrogens with zero attached hydrogens (tertiary/aromatic N) is 1. The van der Waals surface area contributed by atoms with Gasteiger partial charge >= 0.3 is 0 Å². The van der Waals surface area contributed by atoms with Crippen molar-refractivity contribution in [1.29, 1.82) is 0 Å². The van der Waals surface area contributed by atoms with Crippen molar-refractivity contribution >= 4 is 11.9 Å². The standard InChI is InChI=1S/C11H13N.C2H6/c1-9(2)8-12-11-7-5-4-6-10(11)3;1-2/h4-8H,1H2,2-3H3;1-2H3. The zero-order valence-electron chi connectivity index (χ0n) is 9.54. The van der Waals surface area contributed by atoms with Crippen LogP contribution in [0.3, 0.4) is 0 Å². The SMILES string of the molecule is C=C(C)C=Nc1ccccc1C.CC. The summed E-state index contributed by atoms with van der Waals surface area (Å²) in [6.45, 7) is 11.7. The monoisotopic (exact) mass is 189 g/mol. The van der Waals surface area contributed by atoms with Crippen molar-refractivity contribution in [3.63, 3.8) is 0 Å². The van der Waals surface area contributed by atoms with Crippen molar-refractivity contribution in [2.24, 2.45) is 4.99 Å². The molecule has 14 heavy (non-hydrogen) atoms.